The van der Waals surface area contributed by atoms with E-state index in [0.717, 1.165) is 26.1 Å². The molecule has 1 atom stereocenters. The Kier molecular flexibility index (Phi) is 7.68. The van der Waals surface area contributed by atoms with Gasteiger partial charge in [-0.2, -0.15) is 0 Å². The van der Waals surface area contributed by atoms with Gasteiger partial charge in [0.25, 0.3) is 0 Å². The number of benzene rings is 2. The summed E-state index contributed by atoms with van der Waals surface area (Å²) in [6.45, 7) is 6.64. The predicted molar refractivity (Wildman–Crippen MR) is 109 cm³/mol. The van der Waals surface area contributed by atoms with Gasteiger partial charge in [-0.1, -0.05) is 60.7 Å². The van der Waals surface area contributed by atoms with Crippen molar-refractivity contribution in [1.82, 2.24) is 9.80 Å². The molecule has 1 aliphatic rings. The monoisotopic (exact) mass is 352 g/mol. The second kappa shape index (κ2) is 10.5. The molecular formula is C23H32N2O. The largest absolute Gasteiger partial charge is 0.383 e. The summed E-state index contributed by atoms with van der Waals surface area (Å²) in [5.74, 6) is 0. The van der Waals surface area contributed by atoms with Gasteiger partial charge in [-0.05, 0) is 36.9 Å². The Labute approximate surface area is 158 Å². The number of rotatable bonds is 9. The lowest BCUT2D eigenvalue weighted by Gasteiger charge is -2.39. The zero-order chi connectivity index (χ0) is 18.0. The molecule has 2 aromatic carbocycles. The molecule has 3 heteroatoms. The van der Waals surface area contributed by atoms with E-state index >= 15 is 0 Å². The second-order valence-corrected chi connectivity index (χ2v) is 7.27. The summed E-state index contributed by atoms with van der Waals surface area (Å²) in [5.41, 5.74) is 2.86. The Morgan fingerprint density at radius 3 is 2.08 bits per heavy atom. The quantitative estimate of drug-likeness (QED) is 0.687. The fourth-order valence-electron chi connectivity index (χ4n) is 3.88. The Bertz CT molecular complexity index is 609. The van der Waals surface area contributed by atoms with E-state index in [1.165, 1.54) is 43.6 Å². The number of hydrogen-bond acceptors (Lipinski definition) is 3. The van der Waals surface area contributed by atoms with Gasteiger partial charge >= 0.3 is 0 Å². The van der Waals surface area contributed by atoms with Crippen molar-refractivity contribution in [1.29, 1.82) is 0 Å². The van der Waals surface area contributed by atoms with E-state index in [-0.39, 0.29) is 0 Å². The Morgan fingerprint density at radius 2 is 1.46 bits per heavy atom. The molecule has 0 aromatic heterocycles. The molecule has 0 aliphatic carbocycles. The average Bonchev–Trinajstić information content (AvgIpc) is 2.70. The minimum Gasteiger partial charge on any atom is -0.383 e. The summed E-state index contributed by atoms with van der Waals surface area (Å²) in [4.78, 5) is 5.23. The highest BCUT2D eigenvalue weighted by molar-refractivity contribution is 5.16. The molecule has 1 heterocycles. The van der Waals surface area contributed by atoms with Crippen LogP contribution in [0.1, 0.15) is 17.5 Å². The Hall–Kier alpha value is -1.68. The van der Waals surface area contributed by atoms with Gasteiger partial charge in [-0.3, -0.25) is 4.90 Å². The molecule has 1 aliphatic heterocycles. The van der Waals surface area contributed by atoms with Crippen LogP contribution in [0.3, 0.4) is 0 Å². The number of piperazine rings is 1. The minimum absolute atomic E-state index is 0.480. The SMILES string of the molecule is COC[C@@H](Cc1ccccc1)N1CCN(CCCc2ccccc2)CC1. The van der Waals surface area contributed by atoms with Crippen molar-refractivity contribution in [2.75, 3.05) is 46.4 Å². The van der Waals surface area contributed by atoms with Crippen molar-refractivity contribution in [3.05, 3.63) is 71.8 Å². The molecule has 3 nitrogen and oxygen atoms in total. The highest BCUT2D eigenvalue weighted by atomic mass is 16.5. The molecule has 0 unspecified atom stereocenters. The van der Waals surface area contributed by atoms with Crippen LogP contribution >= 0.6 is 0 Å². The molecule has 2 aromatic rings. The first kappa shape index (κ1) is 19.1. The topological polar surface area (TPSA) is 15.7 Å². The van der Waals surface area contributed by atoms with Crippen molar-refractivity contribution in [3.63, 3.8) is 0 Å². The van der Waals surface area contributed by atoms with Crippen LogP contribution in [0.2, 0.25) is 0 Å². The molecule has 0 saturated carbocycles. The fourth-order valence-corrected chi connectivity index (χ4v) is 3.88. The van der Waals surface area contributed by atoms with Crippen LogP contribution in [-0.2, 0) is 17.6 Å². The predicted octanol–water partition coefficient (Wildman–Crippen LogP) is 3.49. The second-order valence-electron chi connectivity index (χ2n) is 7.27. The van der Waals surface area contributed by atoms with Gasteiger partial charge in [0.2, 0.25) is 0 Å². The maximum absolute atomic E-state index is 5.51. The van der Waals surface area contributed by atoms with Crippen LogP contribution in [0, 0.1) is 0 Å². The van der Waals surface area contributed by atoms with E-state index < -0.39 is 0 Å². The first-order chi connectivity index (χ1) is 12.8. The molecule has 0 bridgehead atoms. The number of nitrogens with zero attached hydrogens (tertiary/aromatic N) is 2. The van der Waals surface area contributed by atoms with E-state index in [2.05, 4.69) is 70.5 Å². The highest BCUT2D eigenvalue weighted by Gasteiger charge is 2.23. The molecule has 26 heavy (non-hydrogen) atoms. The van der Waals surface area contributed by atoms with E-state index in [0.29, 0.717) is 6.04 Å². The van der Waals surface area contributed by atoms with E-state index in [1.54, 1.807) is 0 Å². The van der Waals surface area contributed by atoms with Gasteiger partial charge in [0.15, 0.2) is 0 Å². The Balaban J connectivity index is 1.42. The number of hydrogen-bond donors (Lipinski definition) is 0. The third-order valence-electron chi connectivity index (χ3n) is 5.38. The molecule has 3 rings (SSSR count). The van der Waals surface area contributed by atoms with Gasteiger partial charge in [0.05, 0.1) is 6.61 Å². The van der Waals surface area contributed by atoms with Crippen LogP contribution in [0.5, 0.6) is 0 Å². The molecule has 1 saturated heterocycles. The lowest BCUT2D eigenvalue weighted by Crippen LogP contribution is -2.52. The van der Waals surface area contributed by atoms with Gasteiger partial charge < -0.3 is 9.64 Å². The van der Waals surface area contributed by atoms with Crippen LogP contribution in [0.15, 0.2) is 60.7 Å². The zero-order valence-electron chi connectivity index (χ0n) is 16.0. The van der Waals surface area contributed by atoms with E-state index in [4.69, 9.17) is 4.74 Å². The van der Waals surface area contributed by atoms with Crippen LogP contribution in [0.25, 0.3) is 0 Å². The lowest BCUT2D eigenvalue weighted by atomic mass is 10.0. The molecule has 0 spiro atoms. The standard InChI is InChI=1S/C23H32N2O/c1-26-20-23(19-22-11-6-3-7-12-22)25-17-15-24(16-18-25)14-8-13-21-9-4-2-5-10-21/h2-7,9-12,23H,8,13-20H2,1H3/t23-/m1/s1. The van der Waals surface area contributed by atoms with Crippen LogP contribution in [0.4, 0.5) is 0 Å². The van der Waals surface area contributed by atoms with Crippen molar-refractivity contribution >= 4 is 0 Å². The molecule has 140 valence electrons. The molecule has 1 fully saturated rings. The smallest absolute Gasteiger partial charge is 0.0621 e. The van der Waals surface area contributed by atoms with Crippen molar-refractivity contribution in [2.24, 2.45) is 0 Å². The van der Waals surface area contributed by atoms with E-state index in [1.807, 2.05) is 7.11 Å². The summed E-state index contributed by atoms with van der Waals surface area (Å²) in [7, 11) is 1.82. The van der Waals surface area contributed by atoms with Crippen LogP contribution in [-0.4, -0.2) is 62.3 Å². The van der Waals surface area contributed by atoms with Crippen molar-refractivity contribution < 1.29 is 4.74 Å². The third kappa shape index (κ3) is 5.94. The zero-order valence-corrected chi connectivity index (χ0v) is 16.0. The number of ether oxygens (including phenoxy) is 1. The highest BCUT2D eigenvalue weighted by Crippen LogP contribution is 2.13. The van der Waals surface area contributed by atoms with Gasteiger partial charge in [0.1, 0.15) is 0 Å². The molecular weight excluding hydrogens is 320 g/mol. The number of aryl methyl sites for hydroxylation is 1. The summed E-state index contributed by atoms with van der Waals surface area (Å²) >= 11 is 0. The lowest BCUT2D eigenvalue weighted by molar-refractivity contribution is 0.0494. The number of methoxy groups -OCH3 is 1. The third-order valence-corrected chi connectivity index (χ3v) is 5.38. The first-order valence-electron chi connectivity index (χ1n) is 9.88. The molecule has 0 N–H and O–H groups in total. The van der Waals surface area contributed by atoms with Gasteiger partial charge in [-0.25, -0.2) is 0 Å². The minimum atomic E-state index is 0.480. The fraction of sp³-hybridized carbons (Fsp3) is 0.478. The first-order valence-corrected chi connectivity index (χ1v) is 9.88. The average molecular weight is 353 g/mol. The summed E-state index contributed by atoms with van der Waals surface area (Å²) in [6.07, 6.45) is 3.50. The van der Waals surface area contributed by atoms with Crippen LogP contribution < -0.4 is 0 Å². The van der Waals surface area contributed by atoms with Gasteiger partial charge in [0, 0.05) is 39.3 Å². The maximum atomic E-state index is 5.51. The Morgan fingerprint density at radius 1 is 0.846 bits per heavy atom. The van der Waals surface area contributed by atoms with Crippen molar-refractivity contribution in [2.45, 2.75) is 25.3 Å². The normalized spacial score (nSPS) is 17.3. The summed E-state index contributed by atoms with van der Waals surface area (Å²) in [6, 6.07) is 22.1. The van der Waals surface area contributed by atoms with Gasteiger partial charge in [-0.15, -0.1) is 0 Å². The molecule has 0 radical (unpaired) electrons. The molecule has 0 amide bonds. The maximum Gasteiger partial charge on any atom is 0.0621 e. The summed E-state index contributed by atoms with van der Waals surface area (Å²) < 4.78 is 5.51. The summed E-state index contributed by atoms with van der Waals surface area (Å²) in [5, 5.41) is 0. The van der Waals surface area contributed by atoms with Crippen molar-refractivity contribution in [3.8, 4) is 0 Å². The van der Waals surface area contributed by atoms with E-state index in [9.17, 15) is 0 Å².